The summed E-state index contributed by atoms with van der Waals surface area (Å²) >= 11 is 0. The number of phosphoric ester groups is 1. The minimum atomic E-state index is -4.60. The van der Waals surface area contributed by atoms with E-state index in [9.17, 15) is 19.0 Å². The molecule has 0 aliphatic heterocycles. The zero-order chi connectivity index (χ0) is 28.0. The van der Waals surface area contributed by atoms with E-state index in [1.54, 1.807) is 0 Å². The maximum absolute atomic E-state index is 12.3. The average Bonchev–Trinajstić information content (AvgIpc) is 2.82. The summed E-state index contributed by atoms with van der Waals surface area (Å²) < 4.78 is 26.8. The van der Waals surface area contributed by atoms with Gasteiger partial charge in [-0.1, -0.05) is 96.8 Å². The maximum atomic E-state index is 12.3. The van der Waals surface area contributed by atoms with Crippen molar-refractivity contribution < 1.29 is 37.3 Å². The maximum Gasteiger partial charge on any atom is 0.330 e. The molecule has 0 rings (SSSR count). The van der Waals surface area contributed by atoms with Crippen molar-refractivity contribution in [3.63, 3.8) is 0 Å². The number of nitrogens with zero attached hydrogens (tertiary/aromatic N) is 1. The van der Waals surface area contributed by atoms with E-state index in [0.717, 1.165) is 12.8 Å². The van der Waals surface area contributed by atoms with Gasteiger partial charge < -0.3 is 28.5 Å². The number of hydrogen-bond acceptors (Lipinski definition) is 7. The van der Waals surface area contributed by atoms with Crippen LogP contribution in [0.2, 0.25) is 0 Å². The van der Waals surface area contributed by atoms with Gasteiger partial charge in [0.25, 0.3) is 7.82 Å². The molecule has 1 amide bonds. The Labute approximate surface area is 226 Å². The number of rotatable bonds is 25. The van der Waals surface area contributed by atoms with Gasteiger partial charge in [-0.05, 0) is 6.42 Å². The number of quaternary nitrogens is 1. The molecule has 0 heterocycles. The smallest absolute Gasteiger partial charge is 0.330 e. The van der Waals surface area contributed by atoms with Crippen molar-refractivity contribution in [3.05, 3.63) is 0 Å². The second-order valence-electron chi connectivity index (χ2n) is 10.9. The summed E-state index contributed by atoms with van der Waals surface area (Å²) in [7, 11) is 2.29. The van der Waals surface area contributed by atoms with Crippen LogP contribution in [0.15, 0.2) is 0 Å². The Balaban J connectivity index is 3.94. The quantitative estimate of drug-likeness (QED) is 0.0727. The molecule has 2 unspecified atom stereocenters. The van der Waals surface area contributed by atoms with E-state index < -0.39 is 26.4 Å². The van der Waals surface area contributed by atoms with E-state index in [0.29, 0.717) is 17.4 Å². The van der Waals surface area contributed by atoms with Crippen molar-refractivity contribution in [2.45, 2.75) is 116 Å². The third-order valence-electron chi connectivity index (χ3n) is 6.24. The predicted octanol–water partition coefficient (Wildman–Crippen LogP) is 5.11. The number of ether oxygens (including phenoxy) is 1. The summed E-state index contributed by atoms with van der Waals surface area (Å²) in [5.41, 5.74) is 0. The summed E-state index contributed by atoms with van der Waals surface area (Å²) in [5, 5.41) is 2.51. The fraction of sp³-hybridized carbons (Fsp3) is 0.926. The Morgan fingerprint density at radius 2 is 1.27 bits per heavy atom. The topological polar surface area (TPSA) is 114 Å². The van der Waals surface area contributed by atoms with Crippen LogP contribution in [-0.4, -0.2) is 70.4 Å². The molecule has 0 aromatic carbocycles. The van der Waals surface area contributed by atoms with Crippen LogP contribution in [0.5, 0.6) is 0 Å². The first kappa shape index (κ1) is 36.0. The Kier molecular flexibility index (Phi) is 21.3. The van der Waals surface area contributed by atoms with E-state index in [-0.39, 0.29) is 18.9 Å². The Morgan fingerprint density at radius 1 is 0.811 bits per heavy atom. The first-order valence-electron chi connectivity index (χ1n) is 14.3. The van der Waals surface area contributed by atoms with E-state index >= 15 is 0 Å². The summed E-state index contributed by atoms with van der Waals surface area (Å²) in [4.78, 5) is 36.2. The van der Waals surface area contributed by atoms with Crippen LogP contribution in [0.1, 0.15) is 110 Å². The Morgan fingerprint density at radius 3 is 1.70 bits per heavy atom. The molecule has 0 aromatic rings. The molecule has 9 nitrogen and oxygen atoms in total. The summed E-state index contributed by atoms with van der Waals surface area (Å²) in [6.45, 7) is 2.11. The Hall–Kier alpha value is -0.990. The largest absolute Gasteiger partial charge is 0.756 e. The van der Waals surface area contributed by atoms with Crippen LogP contribution >= 0.6 is 7.82 Å². The number of amides is 1. The van der Waals surface area contributed by atoms with Gasteiger partial charge in [0.2, 0.25) is 5.91 Å². The number of unbranched alkanes of at least 4 members (excludes halogenated alkanes) is 14. The summed E-state index contributed by atoms with van der Waals surface area (Å²) in [6, 6.07) is -1.21. The standard InChI is InChI=1S/C27H55N2O7P/c1-6-7-8-9-10-11-12-13-14-15-16-17-18-19-20-21-26(30)28-25(27(31)34-5)24-36-37(32,33)35-23-22-29(2,3)4/h25H,6-24H2,1-5H3,(H-,28,30,32,33). The van der Waals surface area contributed by atoms with Crippen molar-refractivity contribution >= 4 is 19.7 Å². The summed E-state index contributed by atoms with van der Waals surface area (Å²) in [5.74, 6) is -1.10. The Bertz CT molecular complexity index is 641. The average molecular weight is 551 g/mol. The van der Waals surface area contributed by atoms with E-state index in [1.165, 1.54) is 84.2 Å². The number of esters is 1. The van der Waals surface area contributed by atoms with Crippen molar-refractivity contribution in [1.29, 1.82) is 0 Å². The van der Waals surface area contributed by atoms with Crippen molar-refractivity contribution in [3.8, 4) is 0 Å². The molecular weight excluding hydrogens is 495 g/mol. The molecule has 0 saturated heterocycles. The SMILES string of the molecule is CCCCCCCCCCCCCCCCCC(=O)NC(COP(=O)([O-])OCC[N+](C)(C)C)C(=O)OC. The molecule has 220 valence electrons. The molecule has 1 N–H and O–H groups in total. The van der Waals surface area contributed by atoms with Crippen LogP contribution in [0, 0.1) is 0 Å². The number of phosphoric acid groups is 1. The predicted molar refractivity (Wildman–Crippen MR) is 146 cm³/mol. The molecular formula is C27H55N2O7P. The lowest BCUT2D eigenvalue weighted by Crippen LogP contribution is -2.44. The van der Waals surface area contributed by atoms with Crippen LogP contribution in [0.4, 0.5) is 0 Å². The van der Waals surface area contributed by atoms with E-state index in [1.807, 2.05) is 21.1 Å². The highest BCUT2D eigenvalue weighted by Crippen LogP contribution is 2.38. The fourth-order valence-electron chi connectivity index (χ4n) is 3.86. The van der Waals surface area contributed by atoms with Gasteiger partial charge in [-0.25, -0.2) is 4.79 Å². The highest BCUT2D eigenvalue weighted by atomic mass is 31.2. The van der Waals surface area contributed by atoms with Gasteiger partial charge in [-0.15, -0.1) is 0 Å². The number of carbonyl (C=O) groups excluding carboxylic acids is 2. The first-order valence-corrected chi connectivity index (χ1v) is 15.7. The van der Waals surface area contributed by atoms with Crippen LogP contribution < -0.4 is 10.2 Å². The highest BCUT2D eigenvalue weighted by molar-refractivity contribution is 7.45. The molecule has 0 radical (unpaired) electrons. The molecule has 0 aliphatic rings. The number of methoxy groups -OCH3 is 1. The zero-order valence-corrected chi connectivity index (χ0v) is 25.2. The van der Waals surface area contributed by atoms with Gasteiger partial charge >= 0.3 is 5.97 Å². The van der Waals surface area contributed by atoms with Gasteiger partial charge in [0.05, 0.1) is 34.9 Å². The first-order chi connectivity index (χ1) is 17.5. The van der Waals surface area contributed by atoms with Crippen molar-refractivity contribution in [1.82, 2.24) is 5.32 Å². The zero-order valence-electron chi connectivity index (χ0n) is 24.3. The molecule has 0 aliphatic carbocycles. The summed E-state index contributed by atoms with van der Waals surface area (Å²) in [6.07, 6.45) is 18.9. The number of hydrogen-bond donors (Lipinski definition) is 1. The molecule has 0 saturated carbocycles. The van der Waals surface area contributed by atoms with Gasteiger partial charge in [-0.3, -0.25) is 9.36 Å². The fourth-order valence-corrected chi connectivity index (χ4v) is 4.58. The number of nitrogens with one attached hydrogen (secondary N) is 1. The van der Waals surface area contributed by atoms with Gasteiger partial charge in [0.1, 0.15) is 13.2 Å². The van der Waals surface area contributed by atoms with Crippen LogP contribution in [-0.2, 0) is 27.9 Å². The van der Waals surface area contributed by atoms with Crippen molar-refractivity contribution in [2.24, 2.45) is 0 Å². The molecule has 2 atom stereocenters. The minimum Gasteiger partial charge on any atom is -0.756 e. The molecule has 0 aromatic heterocycles. The van der Waals surface area contributed by atoms with E-state index in [2.05, 4.69) is 17.0 Å². The molecule has 0 bridgehead atoms. The second kappa shape index (κ2) is 21.9. The minimum absolute atomic E-state index is 0.0429. The third kappa shape index (κ3) is 23.8. The van der Waals surface area contributed by atoms with Gasteiger partial charge in [-0.2, -0.15) is 0 Å². The van der Waals surface area contributed by atoms with Crippen LogP contribution in [0.25, 0.3) is 0 Å². The molecule has 0 fully saturated rings. The lowest BCUT2D eigenvalue weighted by Gasteiger charge is -2.28. The number of carbonyl (C=O) groups is 2. The normalized spacial score (nSPS) is 14.2. The lowest BCUT2D eigenvalue weighted by molar-refractivity contribution is -0.870. The van der Waals surface area contributed by atoms with Gasteiger partial charge in [0.15, 0.2) is 6.04 Å². The third-order valence-corrected chi connectivity index (χ3v) is 7.20. The highest BCUT2D eigenvalue weighted by Gasteiger charge is 2.24. The molecule has 0 spiro atoms. The van der Waals surface area contributed by atoms with Crippen LogP contribution in [0.3, 0.4) is 0 Å². The van der Waals surface area contributed by atoms with Crippen molar-refractivity contribution in [2.75, 3.05) is 48.0 Å². The second-order valence-corrected chi connectivity index (χ2v) is 12.3. The molecule has 37 heavy (non-hydrogen) atoms. The lowest BCUT2D eigenvalue weighted by atomic mass is 10.0. The van der Waals surface area contributed by atoms with Gasteiger partial charge in [0, 0.05) is 6.42 Å². The van der Waals surface area contributed by atoms with E-state index in [4.69, 9.17) is 9.05 Å². The molecule has 10 heteroatoms. The number of likely N-dealkylation sites (N-methyl/N-ethyl adjacent to an activating group) is 1. The monoisotopic (exact) mass is 550 g/mol.